The van der Waals surface area contributed by atoms with Crippen LogP contribution in [0.4, 0.5) is 0 Å². The third kappa shape index (κ3) is 0.114. The van der Waals surface area contributed by atoms with Gasteiger partial charge in [-0.25, -0.2) is 0 Å². The molecule has 22 valence electrons. The van der Waals surface area contributed by atoms with Gasteiger partial charge in [0, 0.05) is 0 Å². The van der Waals surface area contributed by atoms with E-state index in [1.54, 1.807) is 12.2 Å². The first-order valence-corrected chi connectivity index (χ1v) is 1.26. The second kappa shape index (κ2) is 0.353. The summed E-state index contributed by atoms with van der Waals surface area (Å²) in [5, 5.41) is 8.06. The van der Waals surface area contributed by atoms with E-state index in [-0.39, 0.29) is 6.10 Å². The first-order chi connectivity index (χ1) is 1.89. The van der Waals surface area contributed by atoms with E-state index in [2.05, 4.69) is 0 Å². The zero-order valence-electron chi connectivity index (χ0n) is 2.18. The Labute approximate surface area is 24.6 Å². The fourth-order valence-electron chi connectivity index (χ4n) is 0.0497. The smallest absolute Gasteiger partial charge is 0.0904 e. The molecule has 0 spiro atoms. The standard InChI is InChI=1S/C3H4O/c4-3-1-2-3/h1-4H. The van der Waals surface area contributed by atoms with Crippen LogP contribution in [0, 0.1) is 0 Å². The molecule has 0 atom stereocenters. The number of aliphatic hydroxyl groups excluding tert-OH is 1. The Kier molecular flexibility index (Phi) is 0.174. The molecule has 0 radical (unpaired) electrons. The third-order valence-corrected chi connectivity index (χ3v) is 0.365. The lowest BCUT2D eigenvalue weighted by Crippen LogP contribution is -1.70. The van der Waals surface area contributed by atoms with E-state index in [1.165, 1.54) is 0 Å². The molecule has 1 rings (SSSR count). The van der Waals surface area contributed by atoms with E-state index in [1.807, 2.05) is 0 Å². The van der Waals surface area contributed by atoms with Crippen molar-refractivity contribution in [2.45, 2.75) is 6.10 Å². The van der Waals surface area contributed by atoms with Crippen molar-refractivity contribution in [1.82, 2.24) is 0 Å². The molecule has 0 saturated carbocycles. The van der Waals surface area contributed by atoms with Gasteiger partial charge in [-0.1, -0.05) is 12.2 Å². The highest BCUT2D eigenvalue weighted by atomic mass is 16.3. The second-order valence-corrected chi connectivity index (χ2v) is 0.875. The first kappa shape index (κ1) is 1.97. The Morgan fingerprint density at radius 1 is 1.50 bits per heavy atom. The summed E-state index contributed by atoms with van der Waals surface area (Å²) in [6, 6.07) is 0. The summed E-state index contributed by atoms with van der Waals surface area (Å²) < 4.78 is 0. The zero-order valence-corrected chi connectivity index (χ0v) is 2.18. The van der Waals surface area contributed by atoms with Crippen LogP contribution in [0.15, 0.2) is 12.2 Å². The van der Waals surface area contributed by atoms with E-state index in [4.69, 9.17) is 5.11 Å². The molecule has 0 unspecified atom stereocenters. The van der Waals surface area contributed by atoms with Crippen molar-refractivity contribution in [2.24, 2.45) is 0 Å². The van der Waals surface area contributed by atoms with Gasteiger partial charge in [-0.15, -0.1) is 0 Å². The Morgan fingerprint density at radius 2 is 1.75 bits per heavy atom. The molecule has 1 aliphatic carbocycles. The number of hydrogen-bond donors (Lipinski definition) is 1. The SMILES string of the molecule is OC1C=C1. The molecule has 0 aromatic heterocycles. The van der Waals surface area contributed by atoms with Crippen LogP contribution in [0.3, 0.4) is 0 Å². The average Bonchev–Trinajstić information content (AvgIpc) is 1.75. The van der Waals surface area contributed by atoms with Gasteiger partial charge in [-0.2, -0.15) is 0 Å². The molecule has 0 heterocycles. The molecule has 1 aliphatic rings. The van der Waals surface area contributed by atoms with Gasteiger partial charge in [-0.3, -0.25) is 0 Å². The number of rotatable bonds is 0. The topological polar surface area (TPSA) is 20.2 Å². The van der Waals surface area contributed by atoms with E-state index in [9.17, 15) is 0 Å². The van der Waals surface area contributed by atoms with Crippen molar-refractivity contribution < 1.29 is 5.11 Å². The summed E-state index contributed by atoms with van der Waals surface area (Å²) >= 11 is 0. The molecule has 1 N–H and O–H groups in total. The van der Waals surface area contributed by atoms with Crippen LogP contribution in [0.2, 0.25) is 0 Å². The first-order valence-electron chi connectivity index (χ1n) is 1.26. The van der Waals surface area contributed by atoms with Crippen molar-refractivity contribution in [3.05, 3.63) is 12.2 Å². The number of hydrogen-bond acceptors (Lipinski definition) is 1. The molecule has 0 aromatic rings. The zero-order chi connectivity index (χ0) is 2.99. The molecular weight excluding hydrogens is 52.0 g/mol. The van der Waals surface area contributed by atoms with Crippen LogP contribution in [-0.2, 0) is 0 Å². The van der Waals surface area contributed by atoms with E-state index >= 15 is 0 Å². The molecule has 4 heavy (non-hydrogen) atoms. The summed E-state index contributed by atoms with van der Waals surface area (Å²) in [6.45, 7) is 0. The highest BCUT2D eigenvalue weighted by Gasteiger charge is 2.00. The molecule has 1 nitrogen and oxygen atoms in total. The van der Waals surface area contributed by atoms with Crippen LogP contribution in [0.5, 0.6) is 0 Å². The Bertz CT molecular complexity index is 41.2. The normalized spacial score (nSPS) is 22.2. The summed E-state index contributed by atoms with van der Waals surface area (Å²) in [4.78, 5) is 0. The average molecular weight is 56.1 g/mol. The van der Waals surface area contributed by atoms with Gasteiger partial charge in [0.1, 0.15) is 0 Å². The Morgan fingerprint density at radius 3 is 1.75 bits per heavy atom. The van der Waals surface area contributed by atoms with Crippen LogP contribution >= 0.6 is 0 Å². The van der Waals surface area contributed by atoms with E-state index in [0.29, 0.717) is 0 Å². The van der Waals surface area contributed by atoms with E-state index < -0.39 is 0 Å². The molecular formula is C3H4O. The van der Waals surface area contributed by atoms with Crippen molar-refractivity contribution in [3.63, 3.8) is 0 Å². The van der Waals surface area contributed by atoms with Gasteiger partial charge >= 0.3 is 0 Å². The lowest BCUT2D eigenvalue weighted by molar-refractivity contribution is 0.303. The second-order valence-electron chi connectivity index (χ2n) is 0.875. The largest absolute Gasteiger partial charge is 0.385 e. The van der Waals surface area contributed by atoms with E-state index in [0.717, 1.165) is 0 Å². The minimum absolute atomic E-state index is 0.167. The predicted octanol–water partition coefficient (Wildman–Crippen LogP) is -0.0829. The molecule has 0 bridgehead atoms. The minimum Gasteiger partial charge on any atom is -0.385 e. The molecule has 0 amide bonds. The molecule has 0 fully saturated rings. The Balaban J connectivity index is 2.32. The molecule has 0 aromatic carbocycles. The van der Waals surface area contributed by atoms with Crippen molar-refractivity contribution in [2.75, 3.05) is 0 Å². The molecule has 0 saturated heterocycles. The number of aliphatic hydroxyl groups is 1. The van der Waals surface area contributed by atoms with Crippen molar-refractivity contribution in [1.29, 1.82) is 0 Å². The third-order valence-electron chi connectivity index (χ3n) is 0.365. The predicted molar refractivity (Wildman–Crippen MR) is 15.1 cm³/mol. The Hall–Kier alpha value is -0.300. The molecule has 1 heteroatoms. The lowest BCUT2D eigenvalue weighted by atomic mass is 10.8. The maximum absolute atomic E-state index is 8.06. The van der Waals surface area contributed by atoms with Crippen molar-refractivity contribution in [3.8, 4) is 0 Å². The van der Waals surface area contributed by atoms with Crippen LogP contribution in [0.25, 0.3) is 0 Å². The fraction of sp³-hybridized carbons (Fsp3) is 0.333. The van der Waals surface area contributed by atoms with Gasteiger partial charge in [0.2, 0.25) is 0 Å². The quantitative estimate of drug-likeness (QED) is 0.385. The highest BCUT2D eigenvalue weighted by molar-refractivity contribution is 5.14. The summed E-state index contributed by atoms with van der Waals surface area (Å²) in [5.74, 6) is 0. The van der Waals surface area contributed by atoms with Crippen LogP contribution < -0.4 is 0 Å². The van der Waals surface area contributed by atoms with Crippen molar-refractivity contribution >= 4 is 0 Å². The summed E-state index contributed by atoms with van der Waals surface area (Å²) in [7, 11) is 0. The summed E-state index contributed by atoms with van der Waals surface area (Å²) in [5.41, 5.74) is 0. The van der Waals surface area contributed by atoms with Crippen LogP contribution in [0.1, 0.15) is 0 Å². The monoisotopic (exact) mass is 56.0 g/mol. The maximum Gasteiger partial charge on any atom is 0.0904 e. The fourth-order valence-corrected chi connectivity index (χ4v) is 0.0497. The van der Waals surface area contributed by atoms with Gasteiger partial charge in [0.15, 0.2) is 0 Å². The minimum atomic E-state index is -0.167. The lowest BCUT2D eigenvalue weighted by Gasteiger charge is -1.61. The highest BCUT2D eigenvalue weighted by Crippen LogP contribution is 2.00. The van der Waals surface area contributed by atoms with Gasteiger partial charge in [0.05, 0.1) is 6.10 Å². The van der Waals surface area contributed by atoms with Gasteiger partial charge in [0.25, 0.3) is 0 Å². The summed E-state index contributed by atoms with van der Waals surface area (Å²) in [6.07, 6.45) is 3.28. The van der Waals surface area contributed by atoms with Crippen LogP contribution in [-0.4, -0.2) is 11.2 Å². The maximum atomic E-state index is 8.06. The molecule has 0 aliphatic heterocycles. The van der Waals surface area contributed by atoms with Gasteiger partial charge in [-0.05, 0) is 0 Å². The van der Waals surface area contributed by atoms with Gasteiger partial charge < -0.3 is 5.11 Å².